The first-order valence-electron chi connectivity index (χ1n) is 4.79. The van der Waals surface area contributed by atoms with Gasteiger partial charge in [-0.2, -0.15) is 0 Å². The molecule has 1 aromatic heterocycles. The SMILES string of the molecule is COCCCCn1nnc(C(=O)O)c1C. The Labute approximate surface area is 87.9 Å². The van der Waals surface area contributed by atoms with Gasteiger partial charge < -0.3 is 9.84 Å². The predicted octanol–water partition coefficient (Wildman–Crippen LogP) is 0.711. The predicted molar refractivity (Wildman–Crippen MR) is 52.8 cm³/mol. The first-order valence-corrected chi connectivity index (χ1v) is 4.79. The van der Waals surface area contributed by atoms with Gasteiger partial charge in [-0.3, -0.25) is 0 Å². The Morgan fingerprint density at radius 2 is 2.27 bits per heavy atom. The van der Waals surface area contributed by atoms with Crippen LogP contribution < -0.4 is 0 Å². The second-order valence-corrected chi connectivity index (χ2v) is 3.25. The minimum atomic E-state index is -1.03. The van der Waals surface area contributed by atoms with E-state index in [9.17, 15) is 4.79 Å². The van der Waals surface area contributed by atoms with Crippen molar-refractivity contribution in [1.29, 1.82) is 0 Å². The van der Waals surface area contributed by atoms with Crippen molar-refractivity contribution < 1.29 is 14.6 Å². The lowest BCUT2D eigenvalue weighted by atomic mass is 10.3. The fourth-order valence-electron chi connectivity index (χ4n) is 1.28. The average Bonchev–Trinajstić information content (AvgIpc) is 2.55. The van der Waals surface area contributed by atoms with Gasteiger partial charge in [0.2, 0.25) is 0 Å². The lowest BCUT2D eigenvalue weighted by Crippen LogP contribution is -2.05. The lowest BCUT2D eigenvalue weighted by Gasteiger charge is -2.02. The zero-order valence-corrected chi connectivity index (χ0v) is 8.93. The number of hydrogen-bond donors (Lipinski definition) is 1. The molecule has 0 amide bonds. The smallest absolute Gasteiger partial charge is 0.358 e. The van der Waals surface area contributed by atoms with Gasteiger partial charge in [-0.25, -0.2) is 9.48 Å². The highest BCUT2D eigenvalue weighted by molar-refractivity contribution is 5.86. The molecule has 84 valence electrons. The van der Waals surface area contributed by atoms with Gasteiger partial charge in [-0.05, 0) is 19.8 Å². The molecule has 0 bridgehead atoms. The monoisotopic (exact) mass is 213 g/mol. The summed E-state index contributed by atoms with van der Waals surface area (Å²) in [7, 11) is 1.66. The summed E-state index contributed by atoms with van der Waals surface area (Å²) < 4.78 is 6.52. The molecular formula is C9H15N3O3. The van der Waals surface area contributed by atoms with Crippen LogP contribution in [0.4, 0.5) is 0 Å². The summed E-state index contributed by atoms with van der Waals surface area (Å²) in [6.07, 6.45) is 1.83. The van der Waals surface area contributed by atoms with Gasteiger partial charge in [0.1, 0.15) is 0 Å². The van der Waals surface area contributed by atoms with Gasteiger partial charge in [0, 0.05) is 20.3 Å². The van der Waals surface area contributed by atoms with Gasteiger partial charge in [0.15, 0.2) is 5.69 Å². The second kappa shape index (κ2) is 5.45. The van der Waals surface area contributed by atoms with E-state index in [0.29, 0.717) is 18.8 Å². The molecule has 0 unspecified atom stereocenters. The van der Waals surface area contributed by atoms with Crippen molar-refractivity contribution in [3.63, 3.8) is 0 Å². The van der Waals surface area contributed by atoms with Crippen LogP contribution in [0.2, 0.25) is 0 Å². The maximum Gasteiger partial charge on any atom is 0.358 e. The normalized spacial score (nSPS) is 10.5. The number of ether oxygens (including phenoxy) is 1. The van der Waals surface area contributed by atoms with Crippen molar-refractivity contribution in [2.45, 2.75) is 26.3 Å². The Bertz CT molecular complexity index is 335. The van der Waals surface area contributed by atoms with Crippen molar-refractivity contribution >= 4 is 5.97 Å². The quantitative estimate of drug-likeness (QED) is 0.704. The highest BCUT2D eigenvalue weighted by atomic mass is 16.5. The Morgan fingerprint density at radius 3 is 2.80 bits per heavy atom. The first-order chi connectivity index (χ1) is 7.16. The highest BCUT2D eigenvalue weighted by Gasteiger charge is 2.14. The summed E-state index contributed by atoms with van der Waals surface area (Å²) in [6, 6.07) is 0. The molecule has 15 heavy (non-hydrogen) atoms. The zero-order valence-electron chi connectivity index (χ0n) is 8.93. The van der Waals surface area contributed by atoms with Crippen LogP contribution in [0, 0.1) is 6.92 Å². The molecular weight excluding hydrogens is 198 g/mol. The van der Waals surface area contributed by atoms with Gasteiger partial charge in [-0.15, -0.1) is 5.10 Å². The van der Waals surface area contributed by atoms with Gasteiger partial charge in [0.05, 0.1) is 5.69 Å². The largest absolute Gasteiger partial charge is 0.476 e. The Morgan fingerprint density at radius 1 is 1.53 bits per heavy atom. The lowest BCUT2D eigenvalue weighted by molar-refractivity contribution is 0.0689. The number of unbranched alkanes of at least 4 members (excludes halogenated alkanes) is 1. The Balaban J connectivity index is 2.51. The number of aromatic nitrogens is 3. The average molecular weight is 213 g/mol. The van der Waals surface area contributed by atoms with E-state index in [0.717, 1.165) is 12.8 Å². The van der Waals surface area contributed by atoms with Crippen LogP contribution >= 0.6 is 0 Å². The number of aromatic carboxylic acids is 1. The maximum atomic E-state index is 10.7. The molecule has 0 aliphatic rings. The minimum Gasteiger partial charge on any atom is -0.476 e. The number of hydrogen-bond acceptors (Lipinski definition) is 4. The zero-order chi connectivity index (χ0) is 11.3. The van der Waals surface area contributed by atoms with Crippen molar-refractivity contribution in [1.82, 2.24) is 15.0 Å². The number of aryl methyl sites for hydroxylation is 1. The third-order valence-electron chi connectivity index (χ3n) is 2.15. The number of carboxylic acid groups (broad SMARTS) is 1. The van der Waals surface area contributed by atoms with E-state index >= 15 is 0 Å². The van der Waals surface area contributed by atoms with Crippen LogP contribution in [0.1, 0.15) is 29.0 Å². The van der Waals surface area contributed by atoms with Crippen molar-refractivity contribution in [3.8, 4) is 0 Å². The standard InChI is InChI=1S/C9H15N3O3/c1-7-8(9(13)14)10-11-12(7)5-3-4-6-15-2/h3-6H2,1-2H3,(H,13,14). The fraction of sp³-hybridized carbons (Fsp3) is 0.667. The molecule has 0 radical (unpaired) electrons. The Hall–Kier alpha value is -1.43. The number of carboxylic acids is 1. The molecule has 0 fully saturated rings. The number of rotatable bonds is 6. The van der Waals surface area contributed by atoms with Crippen LogP contribution in [-0.4, -0.2) is 39.8 Å². The second-order valence-electron chi connectivity index (χ2n) is 3.25. The van der Waals surface area contributed by atoms with Crippen LogP contribution in [0.15, 0.2) is 0 Å². The van der Waals surface area contributed by atoms with E-state index in [4.69, 9.17) is 9.84 Å². The third-order valence-corrected chi connectivity index (χ3v) is 2.15. The van der Waals surface area contributed by atoms with E-state index in [-0.39, 0.29) is 5.69 Å². The first kappa shape index (κ1) is 11.6. The Kier molecular flexibility index (Phi) is 4.23. The molecule has 0 aliphatic heterocycles. The van der Waals surface area contributed by atoms with E-state index in [1.807, 2.05) is 0 Å². The van der Waals surface area contributed by atoms with Gasteiger partial charge in [0.25, 0.3) is 0 Å². The molecule has 1 aromatic rings. The molecule has 0 spiro atoms. The van der Waals surface area contributed by atoms with E-state index < -0.39 is 5.97 Å². The van der Waals surface area contributed by atoms with Crippen LogP contribution in [0.5, 0.6) is 0 Å². The number of nitrogens with zero attached hydrogens (tertiary/aromatic N) is 3. The molecule has 1 heterocycles. The van der Waals surface area contributed by atoms with Gasteiger partial charge >= 0.3 is 5.97 Å². The molecule has 6 heteroatoms. The van der Waals surface area contributed by atoms with Crippen LogP contribution in [0.25, 0.3) is 0 Å². The summed E-state index contributed by atoms with van der Waals surface area (Å²) in [5.41, 5.74) is 0.627. The molecule has 0 saturated heterocycles. The van der Waals surface area contributed by atoms with Crippen molar-refractivity contribution in [2.24, 2.45) is 0 Å². The van der Waals surface area contributed by atoms with E-state index in [1.54, 1.807) is 18.7 Å². The fourth-order valence-corrected chi connectivity index (χ4v) is 1.28. The maximum absolute atomic E-state index is 10.7. The van der Waals surface area contributed by atoms with E-state index in [2.05, 4.69) is 10.3 Å². The molecule has 0 aliphatic carbocycles. The molecule has 6 nitrogen and oxygen atoms in total. The summed E-state index contributed by atoms with van der Waals surface area (Å²) in [5, 5.41) is 16.1. The van der Waals surface area contributed by atoms with Crippen molar-refractivity contribution in [3.05, 3.63) is 11.4 Å². The molecule has 1 rings (SSSR count). The number of methoxy groups -OCH3 is 1. The third kappa shape index (κ3) is 3.02. The highest BCUT2D eigenvalue weighted by Crippen LogP contribution is 2.05. The van der Waals surface area contributed by atoms with E-state index in [1.165, 1.54) is 0 Å². The number of carbonyl (C=O) groups is 1. The molecule has 0 atom stereocenters. The molecule has 1 N–H and O–H groups in total. The van der Waals surface area contributed by atoms with Crippen LogP contribution in [-0.2, 0) is 11.3 Å². The van der Waals surface area contributed by atoms with Crippen molar-refractivity contribution in [2.75, 3.05) is 13.7 Å². The van der Waals surface area contributed by atoms with Gasteiger partial charge in [-0.1, -0.05) is 5.21 Å². The molecule has 0 saturated carbocycles. The summed E-state index contributed by atoms with van der Waals surface area (Å²) in [5.74, 6) is -1.03. The summed E-state index contributed by atoms with van der Waals surface area (Å²) in [6.45, 7) is 3.09. The van der Waals surface area contributed by atoms with Crippen LogP contribution in [0.3, 0.4) is 0 Å². The summed E-state index contributed by atoms with van der Waals surface area (Å²) in [4.78, 5) is 10.7. The minimum absolute atomic E-state index is 0.0294. The summed E-state index contributed by atoms with van der Waals surface area (Å²) >= 11 is 0. The topological polar surface area (TPSA) is 77.2 Å². The molecule has 0 aromatic carbocycles.